The van der Waals surface area contributed by atoms with Gasteiger partial charge in [0.05, 0.1) is 0 Å². The van der Waals surface area contributed by atoms with Crippen molar-refractivity contribution in [2.24, 2.45) is 0 Å². The van der Waals surface area contributed by atoms with Crippen molar-refractivity contribution in [1.82, 2.24) is 10.2 Å². The molecule has 0 radical (unpaired) electrons. The monoisotopic (exact) mass is 384 g/mol. The Labute approximate surface area is 167 Å². The Kier molecular flexibility index (Phi) is 7.24. The lowest BCUT2D eigenvalue weighted by atomic mass is 9.98. The van der Waals surface area contributed by atoms with Crippen LogP contribution in [0.2, 0.25) is 0 Å². The van der Waals surface area contributed by atoms with Gasteiger partial charge in [0, 0.05) is 18.5 Å². The fraction of sp³-hybridized carbons (Fsp3) is 0.609. The summed E-state index contributed by atoms with van der Waals surface area (Å²) >= 11 is 0. The van der Waals surface area contributed by atoms with Crippen molar-refractivity contribution >= 4 is 17.7 Å². The van der Waals surface area contributed by atoms with Crippen molar-refractivity contribution in [3.05, 3.63) is 34.9 Å². The summed E-state index contributed by atoms with van der Waals surface area (Å²) in [4.78, 5) is 38.1. The fourth-order valence-electron chi connectivity index (χ4n) is 4.33. The predicted molar refractivity (Wildman–Crippen MR) is 109 cm³/mol. The van der Waals surface area contributed by atoms with Crippen LogP contribution in [0.5, 0.6) is 0 Å². The molecule has 1 fully saturated rings. The standard InChI is InChI=1S/C23H32N2O3/c1-2-3-4-5-6-7-8-9-11-17-12-10-13-18-19(17)16-25(23(18)28)20-14-15-21(26)24-22(20)27/h10,12-13,20H,2-9,11,14-16H2,1H3,(H,24,26,27). The van der Waals surface area contributed by atoms with Crippen LogP contribution in [-0.2, 0) is 22.6 Å². The lowest BCUT2D eigenvalue weighted by molar-refractivity contribution is -0.136. The molecule has 1 aromatic carbocycles. The largest absolute Gasteiger partial charge is 0.322 e. The molecule has 5 nitrogen and oxygen atoms in total. The maximum Gasteiger partial charge on any atom is 0.255 e. The van der Waals surface area contributed by atoms with Gasteiger partial charge in [0.1, 0.15) is 6.04 Å². The van der Waals surface area contributed by atoms with Crippen LogP contribution in [0.25, 0.3) is 0 Å². The number of amides is 3. The zero-order valence-corrected chi connectivity index (χ0v) is 17.0. The van der Waals surface area contributed by atoms with Crippen LogP contribution in [0.4, 0.5) is 0 Å². The first kappa shape index (κ1) is 20.6. The van der Waals surface area contributed by atoms with Crippen LogP contribution >= 0.6 is 0 Å². The summed E-state index contributed by atoms with van der Waals surface area (Å²) in [5, 5.41) is 2.36. The molecule has 2 heterocycles. The molecule has 1 unspecified atom stereocenters. The molecular formula is C23H32N2O3. The van der Waals surface area contributed by atoms with Crippen LogP contribution in [0, 0.1) is 0 Å². The number of benzene rings is 1. The second-order valence-corrected chi connectivity index (χ2v) is 8.07. The number of nitrogens with one attached hydrogen (secondary N) is 1. The van der Waals surface area contributed by atoms with Crippen molar-refractivity contribution < 1.29 is 14.4 Å². The van der Waals surface area contributed by atoms with Gasteiger partial charge in [-0.15, -0.1) is 0 Å². The number of fused-ring (bicyclic) bond motifs is 1. The van der Waals surface area contributed by atoms with Crippen LogP contribution in [0.1, 0.15) is 92.6 Å². The lowest BCUT2D eigenvalue weighted by Gasteiger charge is -2.29. The Bertz CT molecular complexity index is 729. The molecular weight excluding hydrogens is 352 g/mol. The normalized spacial score (nSPS) is 19.1. The van der Waals surface area contributed by atoms with E-state index in [-0.39, 0.29) is 17.7 Å². The van der Waals surface area contributed by atoms with Gasteiger partial charge in [-0.1, -0.05) is 64.0 Å². The molecule has 3 amide bonds. The highest BCUT2D eigenvalue weighted by atomic mass is 16.2. The summed E-state index contributed by atoms with van der Waals surface area (Å²) in [5.74, 6) is -0.676. The summed E-state index contributed by atoms with van der Waals surface area (Å²) in [6.45, 7) is 2.72. The maximum atomic E-state index is 12.8. The van der Waals surface area contributed by atoms with Gasteiger partial charge in [-0.25, -0.2) is 0 Å². The van der Waals surface area contributed by atoms with Crippen LogP contribution in [0.15, 0.2) is 18.2 Å². The Morgan fingerprint density at radius 2 is 1.71 bits per heavy atom. The van der Waals surface area contributed by atoms with E-state index < -0.39 is 6.04 Å². The van der Waals surface area contributed by atoms with Gasteiger partial charge in [-0.2, -0.15) is 0 Å². The van der Waals surface area contributed by atoms with Gasteiger partial charge in [0.2, 0.25) is 11.8 Å². The van der Waals surface area contributed by atoms with Gasteiger partial charge >= 0.3 is 0 Å². The third kappa shape index (κ3) is 4.81. The van der Waals surface area contributed by atoms with E-state index >= 15 is 0 Å². The van der Waals surface area contributed by atoms with Crippen LogP contribution in [-0.4, -0.2) is 28.7 Å². The van der Waals surface area contributed by atoms with Gasteiger partial charge in [0.15, 0.2) is 0 Å². The molecule has 152 valence electrons. The Morgan fingerprint density at radius 1 is 1.00 bits per heavy atom. The average Bonchev–Trinajstić information content (AvgIpc) is 3.01. The van der Waals surface area contributed by atoms with E-state index in [0.717, 1.165) is 24.0 Å². The molecule has 2 aliphatic heterocycles. The van der Waals surface area contributed by atoms with Crippen molar-refractivity contribution in [3.63, 3.8) is 0 Å². The Hall–Kier alpha value is -2.17. The number of rotatable bonds is 10. The number of carbonyl (C=O) groups is 3. The molecule has 3 rings (SSSR count). The van der Waals surface area contributed by atoms with Gasteiger partial charge in [-0.3, -0.25) is 19.7 Å². The zero-order chi connectivity index (χ0) is 19.9. The molecule has 1 N–H and O–H groups in total. The predicted octanol–water partition coefficient (Wildman–Crippen LogP) is 4.13. The molecule has 0 bridgehead atoms. The summed E-state index contributed by atoms with van der Waals surface area (Å²) in [7, 11) is 0. The Balaban J connectivity index is 1.54. The molecule has 0 aliphatic carbocycles. The molecule has 28 heavy (non-hydrogen) atoms. The minimum absolute atomic E-state index is 0.0812. The number of aryl methyl sites for hydroxylation is 1. The lowest BCUT2D eigenvalue weighted by Crippen LogP contribution is -2.52. The minimum atomic E-state index is -0.534. The number of hydrogen-bond acceptors (Lipinski definition) is 3. The van der Waals surface area contributed by atoms with E-state index in [0.29, 0.717) is 19.4 Å². The number of unbranched alkanes of at least 4 members (excludes halogenated alkanes) is 7. The minimum Gasteiger partial charge on any atom is -0.322 e. The molecule has 2 aliphatic rings. The van der Waals surface area contributed by atoms with E-state index in [1.54, 1.807) is 4.90 Å². The quantitative estimate of drug-likeness (QED) is 0.487. The molecule has 0 aromatic heterocycles. The first-order valence-electron chi connectivity index (χ1n) is 10.9. The number of nitrogens with zero attached hydrogens (tertiary/aromatic N) is 1. The van der Waals surface area contributed by atoms with Gasteiger partial charge in [-0.05, 0) is 36.5 Å². The molecule has 1 saturated heterocycles. The number of imide groups is 1. The van der Waals surface area contributed by atoms with E-state index in [1.807, 2.05) is 12.1 Å². The van der Waals surface area contributed by atoms with E-state index in [1.165, 1.54) is 50.5 Å². The summed E-state index contributed by atoms with van der Waals surface area (Å²) in [5.41, 5.74) is 3.02. The first-order chi connectivity index (χ1) is 13.6. The SMILES string of the molecule is CCCCCCCCCCc1cccc2c1CN(C1CCC(=O)NC1=O)C2=O. The van der Waals surface area contributed by atoms with Gasteiger partial charge in [0.25, 0.3) is 5.91 Å². The highest BCUT2D eigenvalue weighted by molar-refractivity contribution is 6.05. The van der Waals surface area contributed by atoms with Crippen LogP contribution < -0.4 is 5.32 Å². The molecule has 5 heteroatoms. The average molecular weight is 385 g/mol. The second-order valence-electron chi connectivity index (χ2n) is 8.07. The number of hydrogen-bond donors (Lipinski definition) is 1. The van der Waals surface area contributed by atoms with Crippen molar-refractivity contribution in [3.8, 4) is 0 Å². The van der Waals surface area contributed by atoms with Crippen molar-refractivity contribution in [2.75, 3.05) is 0 Å². The van der Waals surface area contributed by atoms with E-state index in [4.69, 9.17) is 0 Å². The number of carbonyl (C=O) groups excluding carboxylic acids is 3. The van der Waals surface area contributed by atoms with Crippen molar-refractivity contribution in [2.45, 2.75) is 90.1 Å². The summed E-state index contributed by atoms with van der Waals surface area (Å²) in [6.07, 6.45) is 12.0. The molecule has 1 atom stereocenters. The molecule has 0 saturated carbocycles. The molecule has 1 aromatic rings. The van der Waals surface area contributed by atoms with Crippen molar-refractivity contribution in [1.29, 1.82) is 0 Å². The second kappa shape index (κ2) is 9.85. The van der Waals surface area contributed by atoms with E-state index in [2.05, 4.69) is 18.3 Å². The maximum absolute atomic E-state index is 12.8. The summed E-state index contributed by atoms with van der Waals surface area (Å²) in [6, 6.07) is 5.39. The number of piperidine rings is 1. The Morgan fingerprint density at radius 3 is 2.43 bits per heavy atom. The fourth-order valence-corrected chi connectivity index (χ4v) is 4.33. The third-order valence-electron chi connectivity index (χ3n) is 5.98. The van der Waals surface area contributed by atoms with Crippen LogP contribution in [0.3, 0.4) is 0 Å². The summed E-state index contributed by atoms with van der Waals surface area (Å²) < 4.78 is 0. The smallest absolute Gasteiger partial charge is 0.255 e. The zero-order valence-electron chi connectivity index (χ0n) is 17.0. The highest BCUT2D eigenvalue weighted by Gasteiger charge is 2.39. The first-order valence-corrected chi connectivity index (χ1v) is 10.9. The third-order valence-corrected chi connectivity index (χ3v) is 5.98. The van der Waals surface area contributed by atoms with Gasteiger partial charge < -0.3 is 4.90 Å². The highest BCUT2D eigenvalue weighted by Crippen LogP contribution is 2.30. The topological polar surface area (TPSA) is 66.5 Å². The van der Waals surface area contributed by atoms with E-state index in [9.17, 15) is 14.4 Å². The molecule has 0 spiro atoms.